The molecule has 0 unspecified atom stereocenters. The highest BCUT2D eigenvalue weighted by Crippen LogP contribution is 2.29. The Morgan fingerprint density at radius 2 is 0.770 bits per heavy atom. The third-order valence-corrected chi connectivity index (χ3v) is 12.4. The zero-order valence-electron chi connectivity index (χ0n) is 40.2. The van der Waals surface area contributed by atoms with Crippen molar-refractivity contribution in [2.75, 3.05) is 10.8 Å². The number of ether oxygens (including phenoxy) is 2. The Kier molecular flexibility index (Phi) is 13.7. The van der Waals surface area contributed by atoms with Crippen molar-refractivity contribution in [3.8, 4) is 68.0 Å². The van der Waals surface area contributed by atoms with E-state index in [0.29, 0.717) is 29.4 Å². The summed E-state index contributed by atoms with van der Waals surface area (Å²) in [5.74, 6) is 2.63. The Labute approximate surface area is 429 Å². The van der Waals surface area contributed by atoms with Crippen LogP contribution in [0.3, 0.4) is 0 Å². The SMILES string of the molecule is O=C(Nc1ccccc1)c1cccc(-[n+]2ccc(-c3cc[n+](-c4ccc(Oc5cccc(Oc6ccc(-[n+]7ccc(-c8cc[n+](-c9cccc(CONc%10ccccc%10)c9)cc8)cc7)cc6)c5)cc4)cc3)cc2)c1. The first-order valence-electron chi connectivity index (χ1n) is 24.2. The molecule has 1 amide bonds. The number of nitrogens with one attached hydrogen (secondary N) is 2. The third kappa shape index (κ3) is 11.4. The standard InChI is InChI=1S/C64H49N6O4/c71-64(65-54-12-3-1-4-13-54)53-11-8-17-59(45-53)70-42-34-52(35-43-70)50-30-38-68(39-31-50)57-22-26-61(27-23-57)74-63-19-9-18-62(46-63)73-60-24-20-56(21-25-60)67-36-28-49(29-37-67)51-32-40-69(41-33-51)58-16-7-10-48(44-58)47-72-66-55-14-5-2-6-15-55/h1-46,66H,47H2/q+3/p+1. The number of carbonyl (C=O) groups excluding carboxylic acids is 1. The molecule has 0 fully saturated rings. The molecule has 7 aromatic carbocycles. The van der Waals surface area contributed by atoms with Gasteiger partial charge in [-0.25, -0.2) is 0 Å². The number of carbonyl (C=O) groups is 1. The van der Waals surface area contributed by atoms with Gasteiger partial charge in [-0.05, 0) is 94.5 Å². The van der Waals surface area contributed by atoms with Gasteiger partial charge in [0.25, 0.3) is 5.91 Å². The van der Waals surface area contributed by atoms with Crippen molar-refractivity contribution in [1.82, 2.24) is 0 Å². The minimum atomic E-state index is -0.151. The fraction of sp³-hybridized carbons (Fsp3) is 0.0156. The van der Waals surface area contributed by atoms with E-state index in [4.69, 9.17) is 14.3 Å². The molecule has 10 heteroatoms. The second-order valence-corrected chi connectivity index (χ2v) is 17.4. The molecule has 0 spiro atoms. The molecule has 11 aromatic rings. The summed E-state index contributed by atoms with van der Waals surface area (Å²) < 4.78 is 20.8. The van der Waals surface area contributed by atoms with Crippen molar-refractivity contribution in [3.05, 3.63) is 291 Å². The van der Waals surface area contributed by atoms with E-state index in [9.17, 15) is 4.79 Å². The van der Waals surface area contributed by atoms with Crippen molar-refractivity contribution in [2.45, 2.75) is 6.61 Å². The van der Waals surface area contributed by atoms with Crippen molar-refractivity contribution < 1.29 is 37.4 Å². The van der Waals surface area contributed by atoms with Gasteiger partial charge < -0.3 is 14.8 Å². The maximum absolute atomic E-state index is 12.9. The van der Waals surface area contributed by atoms with E-state index in [1.807, 2.05) is 193 Å². The second kappa shape index (κ2) is 21.9. The summed E-state index contributed by atoms with van der Waals surface area (Å²) in [5.41, 5.74) is 14.7. The van der Waals surface area contributed by atoms with Gasteiger partial charge in [0.15, 0.2) is 49.6 Å². The lowest BCUT2D eigenvalue weighted by molar-refractivity contribution is -0.596. The molecule has 0 saturated heterocycles. The first-order chi connectivity index (χ1) is 36.5. The van der Waals surface area contributed by atoms with Crippen LogP contribution >= 0.6 is 0 Å². The highest BCUT2D eigenvalue weighted by molar-refractivity contribution is 6.04. The molecule has 0 aliphatic carbocycles. The zero-order chi connectivity index (χ0) is 49.9. The molecular weight excluding hydrogens is 917 g/mol. The van der Waals surface area contributed by atoms with E-state index < -0.39 is 0 Å². The van der Waals surface area contributed by atoms with Crippen molar-refractivity contribution in [1.29, 1.82) is 0 Å². The molecule has 2 N–H and O–H groups in total. The molecule has 0 radical (unpaired) electrons. The molecule has 74 heavy (non-hydrogen) atoms. The number of hydrogen-bond donors (Lipinski definition) is 2. The molecule has 0 aliphatic heterocycles. The smallest absolute Gasteiger partial charge is 0.255 e. The summed E-state index contributed by atoms with van der Waals surface area (Å²) >= 11 is 0. The summed E-state index contributed by atoms with van der Waals surface area (Å²) in [6.07, 6.45) is 16.4. The molecule has 0 bridgehead atoms. The highest BCUT2D eigenvalue weighted by atomic mass is 16.6. The molecule has 11 rings (SSSR count). The van der Waals surface area contributed by atoms with Gasteiger partial charge in [0.1, 0.15) is 23.0 Å². The quantitative estimate of drug-likeness (QED) is 0.0744. The van der Waals surface area contributed by atoms with Gasteiger partial charge in [-0.1, -0.05) is 60.7 Å². The Morgan fingerprint density at radius 1 is 0.351 bits per heavy atom. The number of nitrogens with zero attached hydrogens (tertiary/aromatic N) is 4. The van der Waals surface area contributed by atoms with Crippen LogP contribution < -0.4 is 38.5 Å². The molecule has 0 atom stereocenters. The van der Waals surface area contributed by atoms with Crippen LogP contribution in [0.2, 0.25) is 0 Å². The van der Waals surface area contributed by atoms with Crippen LogP contribution in [0.4, 0.5) is 11.4 Å². The van der Waals surface area contributed by atoms with E-state index in [2.05, 4.69) is 116 Å². The van der Waals surface area contributed by atoms with Crippen molar-refractivity contribution in [2.24, 2.45) is 0 Å². The number of para-hydroxylation sites is 2. The van der Waals surface area contributed by atoms with Crippen molar-refractivity contribution in [3.63, 3.8) is 0 Å². The first-order valence-corrected chi connectivity index (χ1v) is 24.2. The minimum absolute atomic E-state index is 0.151. The number of aromatic nitrogens is 4. The number of amides is 1. The summed E-state index contributed by atoms with van der Waals surface area (Å²) in [7, 11) is 0. The van der Waals surface area contributed by atoms with Gasteiger partial charge in [-0.15, -0.1) is 0 Å². The number of pyridine rings is 4. The largest absolute Gasteiger partial charge is 0.457 e. The summed E-state index contributed by atoms with van der Waals surface area (Å²) in [4.78, 5) is 18.6. The van der Waals surface area contributed by atoms with Gasteiger partial charge in [-0.3, -0.25) is 15.1 Å². The predicted molar refractivity (Wildman–Crippen MR) is 286 cm³/mol. The van der Waals surface area contributed by atoms with Crippen molar-refractivity contribution >= 4 is 17.3 Å². The first kappa shape index (κ1) is 46.4. The van der Waals surface area contributed by atoms with Crippen LogP contribution in [0.25, 0.3) is 45.0 Å². The van der Waals surface area contributed by atoms with E-state index in [0.717, 1.165) is 67.7 Å². The lowest BCUT2D eigenvalue weighted by atomic mass is 10.1. The Bertz CT molecular complexity index is 3640. The second-order valence-electron chi connectivity index (χ2n) is 17.4. The average Bonchev–Trinajstić information content (AvgIpc) is 3.47. The normalized spacial score (nSPS) is 10.9. The van der Waals surface area contributed by atoms with Crippen LogP contribution in [0, 0.1) is 0 Å². The Hall–Kier alpha value is -10.0. The molecule has 356 valence electrons. The molecular formula is C64H50N6O4+4. The number of benzene rings is 7. The van der Waals surface area contributed by atoms with Crippen LogP contribution in [-0.2, 0) is 11.4 Å². The van der Waals surface area contributed by atoms with Gasteiger partial charge in [0.05, 0.1) is 12.3 Å². The molecule has 10 nitrogen and oxygen atoms in total. The molecule has 4 aromatic heterocycles. The number of rotatable bonds is 16. The summed E-state index contributed by atoms with van der Waals surface area (Å²) in [6.45, 7) is 0.444. The lowest BCUT2D eigenvalue weighted by Gasteiger charge is -2.09. The molecule has 0 saturated carbocycles. The predicted octanol–water partition coefficient (Wildman–Crippen LogP) is 12.5. The van der Waals surface area contributed by atoms with Gasteiger partial charge in [0, 0.05) is 114 Å². The average molecular weight is 967 g/mol. The van der Waals surface area contributed by atoms with E-state index in [-0.39, 0.29) is 5.91 Å². The maximum Gasteiger partial charge on any atom is 0.255 e. The molecule has 0 aliphatic rings. The monoisotopic (exact) mass is 966 g/mol. The maximum atomic E-state index is 12.9. The van der Waals surface area contributed by atoms with Crippen LogP contribution in [0.5, 0.6) is 23.0 Å². The molecule has 4 heterocycles. The van der Waals surface area contributed by atoms with E-state index in [1.54, 1.807) is 0 Å². The minimum Gasteiger partial charge on any atom is -0.457 e. The number of hydrogen-bond acceptors (Lipinski definition) is 5. The van der Waals surface area contributed by atoms with E-state index >= 15 is 0 Å². The fourth-order valence-electron chi connectivity index (χ4n) is 8.46. The lowest BCUT2D eigenvalue weighted by Crippen LogP contribution is -2.30. The van der Waals surface area contributed by atoms with Gasteiger partial charge >= 0.3 is 0 Å². The number of anilines is 2. The summed E-state index contributed by atoms with van der Waals surface area (Å²) in [5, 5.41) is 2.96. The fourth-order valence-corrected chi connectivity index (χ4v) is 8.46. The summed E-state index contributed by atoms with van der Waals surface area (Å²) in [6, 6.07) is 75.7. The van der Waals surface area contributed by atoms with Crippen LogP contribution in [0.1, 0.15) is 15.9 Å². The Morgan fingerprint density at radius 3 is 1.26 bits per heavy atom. The third-order valence-electron chi connectivity index (χ3n) is 12.4. The Balaban J connectivity index is 0.662. The zero-order valence-corrected chi connectivity index (χ0v) is 40.2. The van der Waals surface area contributed by atoms with Crippen LogP contribution in [-0.4, -0.2) is 5.91 Å². The van der Waals surface area contributed by atoms with Gasteiger partial charge in [0.2, 0.25) is 22.7 Å². The van der Waals surface area contributed by atoms with Crippen LogP contribution in [0.15, 0.2) is 280 Å². The van der Waals surface area contributed by atoms with E-state index in [1.165, 1.54) is 0 Å². The topological polar surface area (TPSA) is 84.3 Å². The highest BCUT2D eigenvalue weighted by Gasteiger charge is 2.15. The van der Waals surface area contributed by atoms with Gasteiger partial charge in [-0.2, -0.15) is 18.3 Å².